The van der Waals surface area contributed by atoms with Crippen molar-refractivity contribution < 1.29 is 4.79 Å². The number of nitrogens with zero attached hydrogens (tertiary/aromatic N) is 2. The topological polar surface area (TPSA) is 35.6 Å². The van der Waals surface area contributed by atoms with Gasteiger partial charge in [0.1, 0.15) is 0 Å². The van der Waals surface area contributed by atoms with E-state index in [4.69, 9.17) is 0 Å². The number of nitrogens with one attached hydrogen (secondary N) is 1. The van der Waals surface area contributed by atoms with E-state index in [0.29, 0.717) is 0 Å². The second-order valence-electron chi connectivity index (χ2n) is 7.21. The third-order valence-corrected chi connectivity index (χ3v) is 4.83. The van der Waals surface area contributed by atoms with Crippen LogP contribution in [0, 0.1) is 0 Å². The van der Waals surface area contributed by atoms with Crippen LogP contribution in [0.2, 0.25) is 0 Å². The van der Waals surface area contributed by atoms with Crippen LogP contribution in [-0.2, 0) is 4.79 Å². The Morgan fingerprint density at radius 2 is 1.33 bits per heavy atom. The third kappa shape index (κ3) is 6.49. The highest BCUT2D eigenvalue weighted by atomic mass is 16.2. The van der Waals surface area contributed by atoms with Crippen molar-refractivity contribution in [2.24, 2.45) is 0 Å². The number of rotatable bonds is 10. The fraction of sp³-hybridized carbons (Fsp3) is 0.435. The van der Waals surface area contributed by atoms with Gasteiger partial charge in [0.2, 0.25) is 5.91 Å². The fourth-order valence-corrected chi connectivity index (χ4v) is 3.45. The van der Waals surface area contributed by atoms with Gasteiger partial charge in [0.25, 0.3) is 0 Å². The fourth-order valence-electron chi connectivity index (χ4n) is 3.45. The van der Waals surface area contributed by atoms with Crippen LogP contribution < -0.4 is 5.32 Å². The maximum atomic E-state index is 13.3. The first-order valence-corrected chi connectivity index (χ1v) is 9.82. The van der Waals surface area contributed by atoms with E-state index >= 15 is 0 Å². The summed E-state index contributed by atoms with van der Waals surface area (Å²) in [4.78, 5) is 17.8. The molecule has 4 heteroatoms. The second-order valence-corrected chi connectivity index (χ2v) is 7.21. The van der Waals surface area contributed by atoms with Gasteiger partial charge in [0.15, 0.2) is 0 Å². The van der Waals surface area contributed by atoms with E-state index in [9.17, 15) is 4.79 Å². The summed E-state index contributed by atoms with van der Waals surface area (Å²) in [7, 11) is 4.10. The zero-order valence-corrected chi connectivity index (χ0v) is 17.1. The van der Waals surface area contributed by atoms with Crippen molar-refractivity contribution in [2.45, 2.75) is 25.8 Å². The van der Waals surface area contributed by atoms with Gasteiger partial charge in [0, 0.05) is 13.1 Å². The van der Waals surface area contributed by atoms with Crippen molar-refractivity contribution in [1.29, 1.82) is 0 Å². The lowest BCUT2D eigenvalue weighted by atomic mass is 9.90. The summed E-state index contributed by atoms with van der Waals surface area (Å²) in [6.07, 6.45) is 0. The van der Waals surface area contributed by atoms with Gasteiger partial charge in [-0.2, -0.15) is 0 Å². The van der Waals surface area contributed by atoms with Crippen molar-refractivity contribution in [1.82, 2.24) is 15.1 Å². The lowest BCUT2D eigenvalue weighted by Gasteiger charge is -2.30. The van der Waals surface area contributed by atoms with Gasteiger partial charge < -0.3 is 15.1 Å². The Kier molecular flexibility index (Phi) is 8.49. The van der Waals surface area contributed by atoms with Gasteiger partial charge in [-0.3, -0.25) is 4.79 Å². The Labute approximate surface area is 164 Å². The summed E-state index contributed by atoms with van der Waals surface area (Å²) in [5.74, 6) is -0.236. The van der Waals surface area contributed by atoms with E-state index in [1.807, 2.05) is 74.8 Å². The first-order chi connectivity index (χ1) is 13.0. The Hall–Kier alpha value is -2.17. The number of carbonyl (C=O) groups is 1. The van der Waals surface area contributed by atoms with E-state index in [0.717, 1.165) is 37.3 Å². The number of hydrogen-bond donors (Lipinski definition) is 1. The molecule has 27 heavy (non-hydrogen) atoms. The van der Waals surface area contributed by atoms with E-state index in [1.54, 1.807) is 0 Å². The van der Waals surface area contributed by atoms with Crippen LogP contribution in [0.25, 0.3) is 0 Å². The molecule has 4 nitrogen and oxygen atoms in total. The first-order valence-electron chi connectivity index (χ1n) is 9.82. The molecule has 0 aliphatic rings. The monoisotopic (exact) mass is 367 g/mol. The summed E-state index contributed by atoms with van der Waals surface area (Å²) in [6, 6.07) is 20.1. The molecule has 0 aliphatic heterocycles. The van der Waals surface area contributed by atoms with Crippen LogP contribution in [0.15, 0.2) is 60.7 Å². The molecule has 0 saturated carbocycles. The molecule has 2 aromatic carbocycles. The van der Waals surface area contributed by atoms with Crippen molar-refractivity contribution in [3.63, 3.8) is 0 Å². The molecule has 0 aromatic heterocycles. The highest BCUT2D eigenvalue weighted by Crippen LogP contribution is 2.25. The van der Waals surface area contributed by atoms with Gasteiger partial charge in [-0.05, 0) is 38.3 Å². The zero-order valence-electron chi connectivity index (χ0n) is 17.1. The summed E-state index contributed by atoms with van der Waals surface area (Å²) in [5.41, 5.74) is 2.04. The quantitative estimate of drug-likeness (QED) is 0.700. The van der Waals surface area contributed by atoms with Crippen LogP contribution in [-0.4, -0.2) is 62.0 Å². The number of benzene rings is 2. The molecule has 2 aromatic rings. The number of amides is 1. The minimum absolute atomic E-state index is 0.0615. The lowest BCUT2D eigenvalue weighted by molar-refractivity contribution is -0.122. The molecule has 0 saturated heterocycles. The predicted molar refractivity (Wildman–Crippen MR) is 113 cm³/mol. The van der Waals surface area contributed by atoms with Gasteiger partial charge in [-0.25, -0.2) is 0 Å². The average molecular weight is 368 g/mol. The molecule has 1 atom stereocenters. The summed E-state index contributed by atoms with van der Waals surface area (Å²) in [5, 5.41) is 3.32. The van der Waals surface area contributed by atoms with E-state index in [-0.39, 0.29) is 17.9 Å². The molecule has 1 N–H and O–H groups in total. The standard InChI is InChI=1S/C23H33N3O/c1-5-26(6-2)18-21(17-25(3)4)24-23(27)22(19-13-9-7-10-14-19)20-15-11-8-12-16-20/h7-16,21-22H,5-6,17-18H2,1-4H3,(H,24,27). The normalized spacial score (nSPS) is 12.6. The highest BCUT2D eigenvalue weighted by Gasteiger charge is 2.25. The first kappa shape index (κ1) is 21.1. The van der Waals surface area contributed by atoms with Crippen LogP contribution in [0.3, 0.4) is 0 Å². The predicted octanol–water partition coefficient (Wildman–Crippen LogP) is 3.21. The summed E-state index contributed by atoms with van der Waals surface area (Å²) < 4.78 is 0. The minimum Gasteiger partial charge on any atom is -0.350 e. The molecular formula is C23H33N3O. The van der Waals surface area contributed by atoms with Gasteiger partial charge >= 0.3 is 0 Å². The number of carbonyl (C=O) groups excluding carboxylic acids is 1. The summed E-state index contributed by atoms with van der Waals surface area (Å²) >= 11 is 0. The van der Waals surface area contributed by atoms with Gasteiger partial charge in [-0.1, -0.05) is 74.5 Å². The smallest absolute Gasteiger partial charge is 0.232 e. The molecule has 2 rings (SSSR count). The molecule has 1 unspecified atom stereocenters. The van der Waals surface area contributed by atoms with E-state index in [2.05, 4.69) is 29.0 Å². The maximum absolute atomic E-state index is 13.3. The van der Waals surface area contributed by atoms with Crippen molar-refractivity contribution in [3.05, 3.63) is 71.8 Å². The van der Waals surface area contributed by atoms with Crippen molar-refractivity contribution in [2.75, 3.05) is 40.3 Å². The number of likely N-dealkylation sites (N-methyl/N-ethyl adjacent to an activating group) is 2. The molecule has 1 amide bonds. The Morgan fingerprint density at radius 1 is 0.852 bits per heavy atom. The highest BCUT2D eigenvalue weighted by molar-refractivity contribution is 5.87. The average Bonchev–Trinajstić information content (AvgIpc) is 2.67. The Balaban J connectivity index is 2.24. The van der Waals surface area contributed by atoms with Crippen LogP contribution in [0.1, 0.15) is 30.9 Å². The molecule has 0 spiro atoms. The molecule has 146 valence electrons. The lowest BCUT2D eigenvalue weighted by Crippen LogP contribution is -2.50. The van der Waals surface area contributed by atoms with Gasteiger partial charge in [-0.15, -0.1) is 0 Å². The SMILES string of the molecule is CCN(CC)CC(CN(C)C)NC(=O)C(c1ccccc1)c1ccccc1. The van der Waals surface area contributed by atoms with Crippen molar-refractivity contribution >= 4 is 5.91 Å². The molecule has 0 radical (unpaired) electrons. The van der Waals surface area contributed by atoms with Gasteiger partial charge in [0.05, 0.1) is 12.0 Å². The Morgan fingerprint density at radius 3 is 1.74 bits per heavy atom. The summed E-state index contributed by atoms with van der Waals surface area (Å²) in [6.45, 7) is 7.96. The largest absolute Gasteiger partial charge is 0.350 e. The molecular weight excluding hydrogens is 334 g/mol. The molecule has 0 fully saturated rings. The molecule has 0 aliphatic carbocycles. The van der Waals surface area contributed by atoms with E-state index in [1.165, 1.54) is 0 Å². The molecule has 0 bridgehead atoms. The van der Waals surface area contributed by atoms with Crippen LogP contribution in [0.4, 0.5) is 0 Å². The maximum Gasteiger partial charge on any atom is 0.232 e. The third-order valence-electron chi connectivity index (χ3n) is 4.83. The zero-order chi connectivity index (χ0) is 19.6. The van der Waals surface area contributed by atoms with Crippen molar-refractivity contribution in [3.8, 4) is 0 Å². The molecule has 0 heterocycles. The number of hydrogen-bond acceptors (Lipinski definition) is 3. The Bertz CT molecular complexity index is 629. The van der Waals surface area contributed by atoms with E-state index < -0.39 is 0 Å². The van der Waals surface area contributed by atoms with Crippen LogP contribution >= 0.6 is 0 Å². The minimum atomic E-state index is -0.297. The second kappa shape index (κ2) is 10.9. The van der Waals surface area contributed by atoms with Crippen LogP contribution in [0.5, 0.6) is 0 Å².